The van der Waals surface area contributed by atoms with Crippen molar-refractivity contribution < 1.29 is 4.74 Å². The van der Waals surface area contributed by atoms with Crippen LogP contribution in [0.2, 0.25) is 0 Å². The average Bonchev–Trinajstić information content (AvgIpc) is 2.28. The van der Waals surface area contributed by atoms with Crippen molar-refractivity contribution in [3.05, 3.63) is 17.5 Å². The Balaban J connectivity index is 2.10. The molecule has 1 fully saturated rings. The van der Waals surface area contributed by atoms with E-state index in [4.69, 9.17) is 22.7 Å². The Morgan fingerprint density at radius 2 is 2.33 bits per heavy atom. The summed E-state index contributed by atoms with van der Waals surface area (Å²) >= 11 is 4.94. The Morgan fingerprint density at radius 1 is 1.56 bits per heavy atom. The number of hydrogen-bond donors (Lipinski definition) is 2. The van der Waals surface area contributed by atoms with Crippen LogP contribution in [0.15, 0.2) is 6.07 Å². The molecule has 2 rings (SSSR count). The molecule has 1 aliphatic heterocycles. The molecule has 1 aromatic heterocycles. The third-order valence-electron chi connectivity index (χ3n) is 2.93. The van der Waals surface area contributed by atoms with Crippen LogP contribution in [-0.2, 0) is 4.74 Å². The number of hydrogen-bond acceptors (Lipinski definition) is 5. The molecule has 0 spiro atoms. The lowest BCUT2D eigenvalue weighted by atomic mass is 10.0. The highest BCUT2D eigenvalue weighted by atomic mass is 32.1. The highest BCUT2D eigenvalue weighted by Gasteiger charge is 2.20. The summed E-state index contributed by atoms with van der Waals surface area (Å²) < 4.78 is 5.51. The van der Waals surface area contributed by atoms with Gasteiger partial charge in [-0.25, -0.2) is 9.97 Å². The lowest BCUT2D eigenvalue weighted by Gasteiger charge is -2.28. The third-order valence-corrected chi connectivity index (χ3v) is 3.13. The maximum absolute atomic E-state index is 5.60. The summed E-state index contributed by atoms with van der Waals surface area (Å²) in [7, 11) is 0. The lowest BCUT2D eigenvalue weighted by Crippen LogP contribution is -2.33. The van der Waals surface area contributed by atoms with Gasteiger partial charge in [-0.05, 0) is 32.8 Å². The molecule has 2 heterocycles. The number of aryl methyl sites for hydroxylation is 1. The number of rotatable bonds is 3. The molecule has 0 aromatic carbocycles. The fraction of sp³-hybridized carbons (Fsp3) is 0.583. The second-order valence-corrected chi connectivity index (χ2v) is 5.07. The monoisotopic (exact) mass is 266 g/mol. The van der Waals surface area contributed by atoms with Gasteiger partial charge in [-0.15, -0.1) is 0 Å². The summed E-state index contributed by atoms with van der Waals surface area (Å²) in [5, 5.41) is 3.33. The first-order chi connectivity index (χ1) is 8.54. The number of thiocarbonyl (C=S) groups is 1. The maximum atomic E-state index is 5.60. The standard InChI is InChI=1S/C12H18N4OS/c1-7-5-10(11(13)18)16-12(14-7)15-9-3-4-17-8(2)6-9/h5,8-9H,3-4,6H2,1-2H3,(H2,13,18)(H,14,15,16). The van der Waals surface area contributed by atoms with Crippen LogP contribution in [0, 0.1) is 6.92 Å². The summed E-state index contributed by atoms with van der Waals surface area (Å²) in [6, 6.07) is 2.13. The average molecular weight is 266 g/mol. The van der Waals surface area contributed by atoms with Crippen molar-refractivity contribution in [2.24, 2.45) is 5.73 Å². The second kappa shape index (κ2) is 5.58. The normalized spacial score (nSPS) is 23.7. The van der Waals surface area contributed by atoms with Gasteiger partial charge in [0.05, 0.1) is 6.10 Å². The molecule has 1 saturated heterocycles. The molecule has 5 nitrogen and oxygen atoms in total. The number of nitrogens with two attached hydrogens (primary N) is 1. The van der Waals surface area contributed by atoms with Crippen LogP contribution in [-0.4, -0.2) is 33.7 Å². The molecule has 0 amide bonds. The van der Waals surface area contributed by atoms with E-state index in [2.05, 4.69) is 22.2 Å². The van der Waals surface area contributed by atoms with Crippen molar-refractivity contribution in [2.75, 3.05) is 11.9 Å². The second-order valence-electron chi connectivity index (χ2n) is 4.63. The van der Waals surface area contributed by atoms with Gasteiger partial charge >= 0.3 is 0 Å². The molecule has 2 atom stereocenters. The van der Waals surface area contributed by atoms with E-state index >= 15 is 0 Å². The zero-order chi connectivity index (χ0) is 13.1. The summed E-state index contributed by atoms with van der Waals surface area (Å²) in [4.78, 5) is 8.98. The van der Waals surface area contributed by atoms with E-state index in [-0.39, 0.29) is 6.10 Å². The predicted molar refractivity (Wildman–Crippen MR) is 74.7 cm³/mol. The minimum atomic E-state index is 0.274. The van der Waals surface area contributed by atoms with Crippen molar-refractivity contribution >= 4 is 23.2 Å². The molecule has 0 aliphatic carbocycles. The molecule has 98 valence electrons. The molecular weight excluding hydrogens is 248 g/mol. The third kappa shape index (κ3) is 3.36. The smallest absolute Gasteiger partial charge is 0.223 e. The fourth-order valence-corrected chi connectivity index (χ4v) is 2.18. The van der Waals surface area contributed by atoms with Crippen molar-refractivity contribution in [1.82, 2.24) is 9.97 Å². The lowest BCUT2D eigenvalue weighted by molar-refractivity contribution is 0.0231. The molecule has 0 radical (unpaired) electrons. The van der Waals surface area contributed by atoms with Gasteiger partial charge in [-0.1, -0.05) is 12.2 Å². The van der Waals surface area contributed by atoms with Crippen molar-refractivity contribution in [1.29, 1.82) is 0 Å². The number of nitrogens with one attached hydrogen (secondary N) is 1. The molecule has 1 aliphatic rings. The van der Waals surface area contributed by atoms with Gasteiger partial charge in [0.15, 0.2) is 0 Å². The van der Waals surface area contributed by atoms with Gasteiger partial charge in [0, 0.05) is 18.3 Å². The molecule has 6 heteroatoms. The number of aromatic nitrogens is 2. The first kappa shape index (κ1) is 13.2. The molecule has 3 N–H and O–H groups in total. The first-order valence-electron chi connectivity index (χ1n) is 6.08. The van der Waals surface area contributed by atoms with E-state index in [1.807, 2.05) is 6.92 Å². The maximum Gasteiger partial charge on any atom is 0.223 e. The molecule has 0 bridgehead atoms. The van der Waals surface area contributed by atoms with Crippen LogP contribution >= 0.6 is 12.2 Å². The van der Waals surface area contributed by atoms with Crippen LogP contribution in [0.1, 0.15) is 31.2 Å². The number of ether oxygens (including phenoxy) is 1. The van der Waals surface area contributed by atoms with E-state index in [0.29, 0.717) is 22.7 Å². The van der Waals surface area contributed by atoms with Gasteiger partial charge in [-0.2, -0.15) is 0 Å². The first-order valence-corrected chi connectivity index (χ1v) is 6.49. The Morgan fingerprint density at radius 3 is 3.00 bits per heavy atom. The van der Waals surface area contributed by atoms with Crippen LogP contribution in [0.4, 0.5) is 5.95 Å². The van der Waals surface area contributed by atoms with Crippen molar-refractivity contribution in [3.8, 4) is 0 Å². The minimum Gasteiger partial charge on any atom is -0.388 e. The van der Waals surface area contributed by atoms with E-state index < -0.39 is 0 Å². The fourth-order valence-electron chi connectivity index (χ4n) is 2.07. The van der Waals surface area contributed by atoms with E-state index in [1.165, 1.54) is 0 Å². The Kier molecular flexibility index (Phi) is 4.08. The summed E-state index contributed by atoms with van der Waals surface area (Å²) in [6.07, 6.45) is 2.19. The van der Waals surface area contributed by atoms with Crippen molar-refractivity contribution in [2.45, 2.75) is 38.8 Å². The summed E-state index contributed by atoms with van der Waals surface area (Å²) in [5.74, 6) is 0.594. The van der Waals surface area contributed by atoms with Crippen LogP contribution in [0.3, 0.4) is 0 Å². The highest BCUT2D eigenvalue weighted by Crippen LogP contribution is 2.17. The van der Waals surface area contributed by atoms with Crippen LogP contribution in [0.25, 0.3) is 0 Å². The molecule has 1 aromatic rings. The Labute approximate surface area is 112 Å². The largest absolute Gasteiger partial charge is 0.388 e. The quantitative estimate of drug-likeness (QED) is 0.806. The van der Waals surface area contributed by atoms with Gasteiger partial charge in [-0.3, -0.25) is 0 Å². The zero-order valence-corrected chi connectivity index (χ0v) is 11.5. The highest BCUT2D eigenvalue weighted by molar-refractivity contribution is 7.80. The van der Waals surface area contributed by atoms with Gasteiger partial charge < -0.3 is 15.8 Å². The molecule has 18 heavy (non-hydrogen) atoms. The van der Waals surface area contributed by atoms with E-state index in [1.54, 1.807) is 6.07 Å². The van der Waals surface area contributed by atoms with Crippen LogP contribution in [0.5, 0.6) is 0 Å². The summed E-state index contributed by atoms with van der Waals surface area (Å²) in [6.45, 7) is 4.75. The minimum absolute atomic E-state index is 0.274. The molecule has 2 unspecified atom stereocenters. The topological polar surface area (TPSA) is 73.1 Å². The summed E-state index contributed by atoms with van der Waals surface area (Å²) in [5.41, 5.74) is 7.07. The number of nitrogens with zero attached hydrogens (tertiary/aromatic N) is 2. The molecular formula is C12H18N4OS. The van der Waals surface area contributed by atoms with E-state index in [0.717, 1.165) is 25.1 Å². The van der Waals surface area contributed by atoms with Gasteiger partial charge in [0.1, 0.15) is 10.7 Å². The van der Waals surface area contributed by atoms with Gasteiger partial charge in [0.2, 0.25) is 5.95 Å². The Bertz CT molecular complexity index is 452. The Hall–Kier alpha value is -1.27. The number of anilines is 1. The van der Waals surface area contributed by atoms with Gasteiger partial charge in [0.25, 0.3) is 0 Å². The van der Waals surface area contributed by atoms with Crippen molar-refractivity contribution in [3.63, 3.8) is 0 Å². The molecule has 0 saturated carbocycles. The SMILES string of the molecule is Cc1cc(C(N)=S)nc(NC2CCOC(C)C2)n1. The van der Waals surface area contributed by atoms with Crippen LogP contribution < -0.4 is 11.1 Å². The predicted octanol–water partition coefficient (Wildman–Crippen LogP) is 1.40. The van der Waals surface area contributed by atoms with E-state index in [9.17, 15) is 0 Å². The zero-order valence-electron chi connectivity index (χ0n) is 10.6.